The number of fused-ring (bicyclic) bond motifs is 6. The Bertz CT molecular complexity index is 2200. The fourth-order valence-corrected chi connectivity index (χ4v) is 10.1. The maximum absolute atomic E-state index is 2.68. The fourth-order valence-electron chi connectivity index (χ4n) is 10.1. The minimum atomic E-state index is 0.424. The summed E-state index contributed by atoms with van der Waals surface area (Å²) in [6.45, 7) is 0. The van der Waals surface area contributed by atoms with Crippen molar-refractivity contribution in [2.75, 3.05) is 0 Å². The number of benzene rings is 2. The second-order valence-corrected chi connectivity index (χ2v) is 15.1. The molecule has 0 N–H and O–H groups in total. The first-order chi connectivity index (χ1) is 23.8. The topological polar surface area (TPSA) is 0 Å². The molecule has 0 saturated carbocycles. The Morgan fingerprint density at radius 3 is 2.25 bits per heavy atom. The summed E-state index contributed by atoms with van der Waals surface area (Å²) in [5.41, 5.74) is 20.3. The average Bonchev–Trinajstić information content (AvgIpc) is 3.16. The van der Waals surface area contributed by atoms with Crippen LogP contribution in [0, 0.1) is 5.92 Å². The third-order valence-corrected chi connectivity index (χ3v) is 12.5. The fraction of sp³-hybridized carbons (Fsp3) is 0.292. The van der Waals surface area contributed by atoms with E-state index < -0.39 is 0 Å². The summed E-state index contributed by atoms with van der Waals surface area (Å²) in [4.78, 5) is 0. The van der Waals surface area contributed by atoms with Crippen LogP contribution in [-0.2, 0) is 6.42 Å². The number of rotatable bonds is 3. The molecular weight excluding hydrogens is 577 g/mol. The van der Waals surface area contributed by atoms with E-state index in [-0.39, 0.29) is 0 Å². The van der Waals surface area contributed by atoms with Crippen molar-refractivity contribution in [3.63, 3.8) is 0 Å². The van der Waals surface area contributed by atoms with Crippen LogP contribution in [0.25, 0.3) is 23.8 Å². The van der Waals surface area contributed by atoms with E-state index in [9.17, 15) is 0 Å². The highest BCUT2D eigenvalue weighted by atomic mass is 14.4. The van der Waals surface area contributed by atoms with Crippen LogP contribution >= 0.6 is 0 Å². The van der Waals surface area contributed by atoms with Gasteiger partial charge < -0.3 is 0 Å². The molecule has 0 fully saturated rings. The molecule has 8 aliphatic rings. The van der Waals surface area contributed by atoms with Crippen molar-refractivity contribution in [2.24, 2.45) is 5.92 Å². The standard InChI is InChI=1S/C48H44/c1-3-13-34-26-36(22-20-31(34)10-1)44-30-48-46-28-38(40-19-9-15-33-12-5-6-16-39(33)40)24-25-43(46)45(29-47(48)42-18-8-7-17-41(42)44)37-23-21-32-11-2-4-14-35(32)27-37/h3-8,12-17,20-23,28-30,36-37,42H,1-2,9-11,18-19,24-27H2. The van der Waals surface area contributed by atoms with Gasteiger partial charge in [0.25, 0.3) is 0 Å². The zero-order valence-corrected chi connectivity index (χ0v) is 28.0. The van der Waals surface area contributed by atoms with Crippen molar-refractivity contribution < 1.29 is 0 Å². The second-order valence-electron chi connectivity index (χ2n) is 15.1. The smallest absolute Gasteiger partial charge is 0.0133 e. The number of allylic oxidation sites excluding steroid dienone is 18. The maximum Gasteiger partial charge on any atom is 0.0133 e. The molecule has 0 heterocycles. The normalized spacial score (nSPS) is 26.4. The van der Waals surface area contributed by atoms with Crippen LogP contribution in [0.4, 0.5) is 0 Å². The van der Waals surface area contributed by atoms with Crippen LogP contribution in [0.2, 0.25) is 0 Å². The highest BCUT2D eigenvalue weighted by molar-refractivity contribution is 5.85. The molecule has 0 aliphatic heterocycles. The zero-order valence-electron chi connectivity index (χ0n) is 28.0. The lowest BCUT2D eigenvalue weighted by molar-refractivity contribution is 0.690. The Balaban J connectivity index is 1.17. The van der Waals surface area contributed by atoms with E-state index in [1.807, 2.05) is 0 Å². The predicted octanol–water partition coefficient (Wildman–Crippen LogP) is 10.7. The minimum absolute atomic E-state index is 0.424. The monoisotopic (exact) mass is 620 g/mol. The first-order valence-corrected chi connectivity index (χ1v) is 18.7. The van der Waals surface area contributed by atoms with Gasteiger partial charge in [0.1, 0.15) is 0 Å². The molecule has 0 heteroatoms. The highest BCUT2D eigenvalue weighted by Gasteiger charge is 2.35. The van der Waals surface area contributed by atoms with Gasteiger partial charge in [0.15, 0.2) is 0 Å². The molecule has 0 radical (unpaired) electrons. The minimum Gasteiger partial charge on any atom is -0.0839 e. The van der Waals surface area contributed by atoms with E-state index in [1.165, 1.54) is 47.2 Å². The summed E-state index contributed by atoms with van der Waals surface area (Å²) in [6, 6.07) is 11.8. The molecule has 10 rings (SSSR count). The molecule has 2 aromatic carbocycles. The largest absolute Gasteiger partial charge is 0.0839 e. The van der Waals surface area contributed by atoms with E-state index in [0.717, 1.165) is 44.9 Å². The predicted molar refractivity (Wildman–Crippen MR) is 203 cm³/mol. The van der Waals surface area contributed by atoms with Crippen LogP contribution in [0.3, 0.4) is 0 Å². The average molecular weight is 621 g/mol. The summed E-state index contributed by atoms with van der Waals surface area (Å²) < 4.78 is 0. The Hall–Kier alpha value is -4.42. The van der Waals surface area contributed by atoms with Gasteiger partial charge in [-0.2, -0.15) is 0 Å². The Morgan fingerprint density at radius 2 is 1.40 bits per heavy atom. The third-order valence-electron chi connectivity index (χ3n) is 12.5. The molecule has 0 spiro atoms. The summed E-state index contributed by atoms with van der Waals surface area (Å²) in [5, 5.41) is 2.87. The van der Waals surface area contributed by atoms with Gasteiger partial charge in [-0.05, 0) is 160 Å². The van der Waals surface area contributed by atoms with Gasteiger partial charge in [-0.1, -0.05) is 109 Å². The molecule has 0 aromatic heterocycles. The van der Waals surface area contributed by atoms with Crippen molar-refractivity contribution in [3.05, 3.63) is 174 Å². The van der Waals surface area contributed by atoms with Gasteiger partial charge >= 0.3 is 0 Å². The van der Waals surface area contributed by atoms with Crippen molar-refractivity contribution >= 4 is 23.8 Å². The maximum atomic E-state index is 2.68. The lowest BCUT2D eigenvalue weighted by atomic mass is 9.66. The zero-order chi connectivity index (χ0) is 31.6. The Labute approximate surface area is 285 Å². The summed E-state index contributed by atoms with van der Waals surface area (Å²) >= 11 is 0. The van der Waals surface area contributed by atoms with E-state index in [1.54, 1.807) is 61.3 Å². The molecule has 2 aromatic rings. The molecule has 8 aliphatic carbocycles. The summed E-state index contributed by atoms with van der Waals surface area (Å²) in [6.07, 6.45) is 47.2. The lowest BCUT2D eigenvalue weighted by Gasteiger charge is -2.38. The van der Waals surface area contributed by atoms with Crippen LogP contribution in [0.1, 0.15) is 104 Å². The Morgan fingerprint density at radius 1 is 0.604 bits per heavy atom. The van der Waals surface area contributed by atoms with Gasteiger partial charge in [0.05, 0.1) is 0 Å². The van der Waals surface area contributed by atoms with Crippen molar-refractivity contribution in [1.29, 1.82) is 0 Å². The second kappa shape index (κ2) is 11.6. The van der Waals surface area contributed by atoms with E-state index >= 15 is 0 Å². The van der Waals surface area contributed by atoms with Crippen LogP contribution in [-0.4, -0.2) is 0 Å². The number of hydrogen-bond donors (Lipinski definition) is 0. The third kappa shape index (κ3) is 4.71. The molecule has 0 saturated heterocycles. The molecule has 3 atom stereocenters. The van der Waals surface area contributed by atoms with Gasteiger partial charge in [-0.3, -0.25) is 0 Å². The van der Waals surface area contributed by atoms with Crippen molar-refractivity contribution in [3.8, 4) is 0 Å². The van der Waals surface area contributed by atoms with E-state index in [2.05, 4.69) is 115 Å². The number of hydrogen-bond acceptors (Lipinski definition) is 0. The molecule has 0 amide bonds. The first-order valence-electron chi connectivity index (χ1n) is 18.7. The quantitative estimate of drug-likeness (QED) is 0.320. The van der Waals surface area contributed by atoms with Gasteiger partial charge in [-0.15, -0.1) is 0 Å². The van der Waals surface area contributed by atoms with Crippen molar-refractivity contribution in [2.45, 2.75) is 82.5 Å². The van der Waals surface area contributed by atoms with Crippen LogP contribution in [0.15, 0.2) is 136 Å². The molecule has 0 nitrogen and oxygen atoms in total. The Kier molecular flexibility index (Phi) is 6.92. The van der Waals surface area contributed by atoms with Crippen LogP contribution < -0.4 is 10.4 Å². The lowest BCUT2D eigenvalue weighted by Crippen LogP contribution is -2.30. The van der Waals surface area contributed by atoms with Gasteiger partial charge in [-0.25, -0.2) is 0 Å². The summed E-state index contributed by atoms with van der Waals surface area (Å²) in [5.74, 6) is 1.30. The summed E-state index contributed by atoms with van der Waals surface area (Å²) in [7, 11) is 0. The van der Waals surface area contributed by atoms with E-state index in [0.29, 0.717) is 17.8 Å². The van der Waals surface area contributed by atoms with Gasteiger partial charge in [0.2, 0.25) is 0 Å². The van der Waals surface area contributed by atoms with Crippen LogP contribution in [0.5, 0.6) is 0 Å². The molecule has 236 valence electrons. The van der Waals surface area contributed by atoms with E-state index in [4.69, 9.17) is 0 Å². The molecule has 0 bridgehead atoms. The first kappa shape index (κ1) is 28.6. The molecule has 48 heavy (non-hydrogen) atoms. The molecule has 3 unspecified atom stereocenters. The highest BCUT2D eigenvalue weighted by Crippen LogP contribution is 2.52. The van der Waals surface area contributed by atoms with Crippen molar-refractivity contribution in [1.82, 2.24) is 0 Å². The molecular formula is C48H44. The van der Waals surface area contributed by atoms with Gasteiger partial charge in [0, 0.05) is 17.8 Å². The SMILES string of the molecule is C1=CCC2C(=C1)C(C1C=CC3=C(C=CCC3)C1)=Cc1c2cc(C2C=CC3=C(C=CCC3)C2)c2c1C=C(C1=c3ccccc3=CCC1)CC2.